The zero-order chi connectivity index (χ0) is 34.3. The maximum atomic E-state index is 13.8. The van der Waals surface area contributed by atoms with Crippen molar-refractivity contribution in [1.82, 2.24) is 26.2 Å². The molecule has 0 aromatic heterocycles. The lowest BCUT2D eigenvalue weighted by Gasteiger charge is -2.32. The van der Waals surface area contributed by atoms with Gasteiger partial charge in [-0.25, -0.2) is 0 Å². The van der Waals surface area contributed by atoms with Gasteiger partial charge in [-0.3, -0.25) is 19.2 Å². The molecule has 1 saturated carbocycles. The molecular formula is C37H54N6O5. The fourth-order valence-corrected chi connectivity index (χ4v) is 6.18. The van der Waals surface area contributed by atoms with Gasteiger partial charge in [0.25, 0.3) is 0 Å². The Labute approximate surface area is 285 Å². The Kier molecular flexibility index (Phi) is 14.9. The lowest BCUT2D eigenvalue weighted by molar-refractivity contribution is -0.141. The van der Waals surface area contributed by atoms with Crippen LogP contribution < -0.4 is 27.0 Å². The van der Waals surface area contributed by atoms with Crippen molar-refractivity contribution in [3.8, 4) is 0 Å². The summed E-state index contributed by atoms with van der Waals surface area (Å²) in [6.45, 7) is 6.41. The normalized spacial score (nSPS) is 19.2. The molecule has 11 nitrogen and oxygen atoms in total. The number of rotatable bonds is 19. The summed E-state index contributed by atoms with van der Waals surface area (Å²) < 4.78 is 5.41. The average Bonchev–Trinajstić information content (AvgIpc) is 3.89. The molecule has 0 spiro atoms. The highest BCUT2D eigenvalue weighted by Crippen LogP contribution is 2.40. The molecule has 0 radical (unpaired) electrons. The number of nitrogens with one attached hydrogen (secondary N) is 4. The third kappa shape index (κ3) is 12.0. The van der Waals surface area contributed by atoms with Crippen LogP contribution in [0, 0.1) is 5.92 Å². The highest BCUT2D eigenvalue weighted by Gasteiger charge is 2.38. The van der Waals surface area contributed by atoms with Gasteiger partial charge in [0.15, 0.2) is 0 Å². The van der Waals surface area contributed by atoms with Gasteiger partial charge >= 0.3 is 0 Å². The van der Waals surface area contributed by atoms with Crippen molar-refractivity contribution < 1.29 is 23.9 Å². The van der Waals surface area contributed by atoms with Crippen LogP contribution in [0.25, 0.3) is 0 Å². The first-order valence-corrected chi connectivity index (χ1v) is 17.5. The number of hydrogen-bond donors (Lipinski definition) is 5. The molecule has 2 fully saturated rings. The number of morpholine rings is 1. The second kappa shape index (κ2) is 19.3. The number of ether oxygens (including phenoxy) is 1. The lowest BCUT2D eigenvalue weighted by atomic mass is 10.00. The van der Waals surface area contributed by atoms with Crippen LogP contribution in [0.1, 0.15) is 69.4 Å². The Bertz CT molecular complexity index is 1300. The Morgan fingerprint density at radius 3 is 2.15 bits per heavy atom. The number of hydrogen-bond acceptors (Lipinski definition) is 7. The van der Waals surface area contributed by atoms with Crippen LogP contribution in [0.3, 0.4) is 0 Å². The number of benzene rings is 2. The van der Waals surface area contributed by atoms with Gasteiger partial charge in [0.2, 0.25) is 23.6 Å². The molecule has 4 amide bonds. The molecule has 1 heterocycles. The van der Waals surface area contributed by atoms with E-state index < -0.39 is 29.9 Å². The van der Waals surface area contributed by atoms with E-state index in [0.29, 0.717) is 70.9 Å². The first-order chi connectivity index (χ1) is 23.2. The zero-order valence-electron chi connectivity index (χ0n) is 28.5. The van der Waals surface area contributed by atoms with E-state index >= 15 is 0 Å². The smallest absolute Gasteiger partial charge is 0.245 e. The van der Waals surface area contributed by atoms with Crippen LogP contribution in [0.4, 0.5) is 0 Å². The second-order valence-electron chi connectivity index (χ2n) is 13.4. The maximum absolute atomic E-state index is 13.8. The largest absolute Gasteiger partial charge is 0.378 e. The highest BCUT2D eigenvalue weighted by molar-refractivity contribution is 5.94. The fourth-order valence-electron chi connectivity index (χ4n) is 6.18. The molecule has 2 aromatic rings. The molecular weight excluding hydrogens is 608 g/mol. The van der Waals surface area contributed by atoms with E-state index in [2.05, 4.69) is 33.4 Å². The fraction of sp³-hybridized carbons (Fsp3) is 0.568. The number of amides is 4. The van der Waals surface area contributed by atoms with Gasteiger partial charge in [-0.05, 0) is 68.5 Å². The summed E-state index contributed by atoms with van der Waals surface area (Å²) in [5.74, 6) is -0.795. The number of unbranched alkanes of at least 4 members (excludes halogenated alkanes) is 1. The van der Waals surface area contributed by atoms with E-state index in [-0.39, 0.29) is 30.3 Å². The minimum atomic E-state index is -0.876. The number of carbonyl (C=O) groups excluding carboxylic acids is 4. The molecule has 0 bridgehead atoms. The van der Waals surface area contributed by atoms with Crippen LogP contribution in [-0.2, 0) is 30.3 Å². The van der Waals surface area contributed by atoms with Gasteiger partial charge < -0.3 is 36.6 Å². The third-order valence-electron chi connectivity index (χ3n) is 8.98. The van der Waals surface area contributed by atoms with Gasteiger partial charge in [-0.1, -0.05) is 74.5 Å². The summed E-state index contributed by atoms with van der Waals surface area (Å²) in [7, 11) is 0. The molecule has 262 valence electrons. The van der Waals surface area contributed by atoms with Crippen molar-refractivity contribution in [3.63, 3.8) is 0 Å². The lowest BCUT2D eigenvalue weighted by Crippen LogP contribution is -2.58. The second-order valence-corrected chi connectivity index (χ2v) is 13.4. The van der Waals surface area contributed by atoms with Crippen LogP contribution in [0.15, 0.2) is 60.7 Å². The number of carbonyl (C=O) groups is 4. The van der Waals surface area contributed by atoms with Crippen molar-refractivity contribution in [2.75, 3.05) is 39.4 Å². The van der Waals surface area contributed by atoms with E-state index in [0.717, 1.165) is 18.4 Å². The predicted molar refractivity (Wildman–Crippen MR) is 186 cm³/mol. The first-order valence-electron chi connectivity index (χ1n) is 17.5. The zero-order valence-corrected chi connectivity index (χ0v) is 28.5. The summed E-state index contributed by atoms with van der Waals surface area (Å²) in [6.07, 6.45) is 4.16. The van der Waals surface area contributed by atoms with E-state index in [1.807, 2.05) is 62.4 Å². The summed E-state index contributed by atoms with van der Waals surface area (Å²) in [4.78, 5) is 55.9. The third-order valence-corrected chi connectivity index (χ3v) is 8.98. The topological polar surface area (TPSA) is 155 Å². The molecule has 2 aromatic carbocycles. The van der Waals surface area contributed by atoms with E-state index in [1.165, 1.54) is 5.56 Å². The minimum absolute atomic E-state index is 0.0874. The quantitative estimate of drug-likeness (QED) is 0.145. The van der Waals surface area contributed by atoms with Gasteiger partial charge in [-0.2, -0.15) is 0 Å². The van der Waals surface area contributed by atoms with Gasteiger partial charge in [0, 0.05) is 25.0 Å². The average molecular weight is 663 g/mol. The van der Waals surface area contributed by atoms with Crippen molar-refractivity contribution in [3.05, 3.63) is 71.8 Å². The van der Waals surface area contributed by atoms with Crippen molar-refractivity contribution in [2.45, 2.75) is 88.9 Å². The molecule has 1 aliphatic heterocycles. The van der Waals surface area contributed by atoms with E-state index in [9.17, 15) is 19.2 Å². The van der Waals surface area contributed by atoms with Crippen molar-refractivity contribution in [1.29, 1.82) is 0 Å². The molecule has 1 unspecified atom stereocenters. The summed E-state index contributed by atoms with van der Waals surface area (Å²) in [5.41, 5.74) is 8.00. The molecule has 4 rings (SSSR count). The molecule has 2 aliphatic rings. The van der Waals surface area contributed by atoms with Crippen LogP contribution >= 0.6 is 0 Å². The molecule has 6 N–H and O–H groups in total. The van der Waals surface area contributed by atoms with E-state index in [1.54, 1.807) is 4.90 Å². The molecule has 1 saturated heterocycles. The molecule has 1 aliphatic carbocycles. The minimum Gasteiger partial charge on any atom is -0.378 e. The predicted octanol–water partition coefficient (Wildman–Crippen LogP) is 2.25. The molecule has 5 atom stereocenters. The monoisotopic (exact) mass is 662 g/mol. The highest BCUT2D eigenvalue weighted by atomic mass is 16.5. The number of nitrogens with two attached hydrogens (primary N) is 1. The van der Waals surface area contributed by atoms with Gasteiger partial charge in [0.05, 0.1) is 19.8 Å². The summed E-state index contributed by atoms with van der Waals surface area (Å²) >= 11 is 0. The Balaban J connectivity index is 1.40. The molecule has 11 heteroatoms. The number of nitrogens with zero attached hydrogens (tertiary/aromatic N) is 1. The maximum Gasteiger partial charge on any atom is 0.245 e. The van der Waals surface area contributed by atoms with Crippen LogP contribution in [-0.4, -0.2) is 92.1 Å². The van der Waals surface area contributed by atoms with Gasteiger partial charge in [0.1, 0.15) is 18.1 Å². The SMILES string of the molecule is CC(C)C[C@@H](NC(=O)[C@@H](CCc1ccccc1)NC(=O)CNC1C[C@@H]1c1ccccc1)C(=O)N[C@H](CCCCN)C(=O)N1CCOCC1. The van der Waals surface area contributed by atoms with E-state index in [4.69, 9.17) is 10.5 Å². The Hall–Kier alpha value is -3.80. The van der Waals surface area contributed by atoms with Crippen molar-refractivity contribution >= 4 is 23.6 Å². The van der Waals surface area contributed by atoms with Crippen LogP contribution in [0.2, 0.25) is 0 Å². The first kappa shape index (κ1) is 37.0. The number of aryl methyl sites for hydroxylation is 1. The summed E-state index contributed by atoms with van der Waals surface area (Å²) in [5, 5.41) is 12.1. The standard InChI is InChI=1S/C37H54N6O5/c1-26(2)23-33(36(46)41-31(15-9-10-18-38)37(47)43-19-21-48-22-20-43)42-35(45)30(17-16-27-11-5-3-6-12-27)40-34(44)25-39-32-24-29(32)28-13-7-4-8-14-28/h3-8,11-14,26,29-33,39H,9-10,15-25,38H2,1-2H3,(H,40,44)(H,41,46)(H,42,45)/t29-,30-,31-,32?,33-/m1/s1. The Morgan fingerprint density at radius 1 is 0.833 bits per heavy atom. The molecule has 48 heavy (non-hydrogen) atoms. The van der Waals surface area contributed by atoms with Crippen molar-refractivity contribution in [2.24, 2.45) is 11.7 Å². The summed E-state index contributed by atoms with van der Waals surface area (Å²) in [6, 6.07) is 17.8. The Morgan fingerprint density at radius 2 is 1.48 bits per heavy atom. The van der Waals surface area contributed by atoms with Crippen LogP contribution in [0.5, 0.6) is 0 Å². The van der Waals surface area contributed by atoms with Gasteiger partial charge in [-0.15, -0.1) is 0 Å².